The molecule has 9 nitrogen and oxygen atoms in total. The molecule has 0 aliphatic carbocycles. The van der Waals surface area contributed by atoms with E-state index in [1.807, 2.05) is 11.8 Å². The van der Waals surface area contributed by atoms with Crippen LogP contribution in [0.15, 0.2) is 18.2 Å². The molecular weight excluding hydrogens is 402 g/mol. The molecule has 1 saturated heterocycles. The first-order chi connectivity index (χ1) is 14.9. The number of likely N-dealkylation sites (tertiary alicyclic amines) is 1. The van der Waals surface area contributed by atoms with E-state index >= 15 is 0 Å². The van der Waals surface area contributed by atoms with Crippen LogP contribution < -0.4 is 10.1 Å². The van der Waals surface area contributed by atoms with E-state index in [1.54, 1.807) is 25.1 Å². The van der Waals surface area contributed by atoms with Gasteiger partial charge in [0, 0.05) is 0 Å². The van der Waals surface area contributed by atoms with E-state index in [9.17, 15) is 14.4 Å². The van der Waals surface area contributed by atoms with E-state index in [0.717, 1.165) is 0 Å². The van der Waals surface area contributed by atoms with Crippen molar-refractivity contribution >= 4 is 34.4 Å². The number of nitrogens with zero attached hydrogens (tertiary/aromatic N) is 1. The van der Waals surface area contributed by atoms with Crippen LogP contribution in [0, 0.1) is 5.92 Å². The molecule has 0 bridgehead atoms. The van der Waals surface area contributed by atoms with Crippen molar-refractivity contribution in [3.63, 3.8) is 0 Å². The van der Waals surface area contributed by atoms with Crippen LogP contribution in [-0.4, -0.2) is 67.7 Å². The third-order valence-corrected chi connectivity index (χ3v) is 5.72. The molecule has 0 radical (unpaired) electrons. The molecule has 9 heteroatoms. The molecule has 1 aromatic heterocycles. The Hall–Kier alpha value is -3.07. The first-order valence-electron chi connectivity index (χ1n) is 10.4. The summed E-state index contributed by atoms with van der Waals surface area (Å²) < 4.78 is 15.4. The van der Waals surface area contributed by atoms with Crippen molar-refractivity contribution in [2.24, 2.45) is 5.92 Å². The molecule has 1 aliphatic rings. The average Bonchev–Trinajstić information content (AvgIpc) is 3.16. The average molecular weight is 431 g/mol. The van der Waals surface area contributed by atoms with Crippen LogP contribution in [0.4, 0.5) is 5.69 Å². The number of piperidine rings is 1. The van der Waals surface area contributed by atoms with E-state index < -0.39 is 12.0 Å². The Morgan fingerprint density at radius 2 is 1.94 bits per heavy atom. The number of H-pyrrole nitrogens is 1. The van der Waals surface area contributed by atoms with Gasteiger partial charge in [0.25, 0.3) is 0 Å². The number of hydrogen-bond donors (Lipinski definition) is 2. The minimum Gasteiger partial charge on any atom is -0.496 e. The number of fused-ring (bicyclic) bond motifs is 1. The van der Waals surface area contributed by atoms with Gasteiger partial charge in [0.1, 0.15) is 11.4 Å². The minimum absolute atomic E-state index is 0.129. The topological polar surface area (TPSA) is 110 Å². The molecule has 0 unspecified atom stereocenters. The van der Waals surface area contributed by atoms with Crippen molar-refractivity contribution in [3.05, 3.63) is 23.9 Å². The van der Waals surface area contributed by atoms with Gasteiger partial charge in [-0.2, -0.15) is 0 Å². The lowest BCUT2D eigenvalue weighted by Gasteiger charge is -2.34. The normalized spacial score (nSPS) is 16.0. The van der Waals surface area contributed by atoms with Gasteiger partial charge in [-0.25, -0.2) is 4.79 Å². The Bertz CT molecular complexity index is 962. The van der Waals surface area contributed by atoms with Crippen LogP contribution in [0.2, 0.25) is 0 Å². The largest absolute Gasteiger partial charge is 0.496 e. The Morgan fingerprint density at radius 1 is 1.23 bits per heavy atom. The van der Waals surface area contributed by atoms with Gasteiger partial charge in [-0.05, 0) is 51.9 Å². The van der Waals surface area contributed by atoms with Gasteiger partial charge in [-0.1, -0.05) is 6.07 Å². The Kier molecular flexibility index (Phi) is 7.17. The van der Waals surface area contributed by atoms with E-state index in [2.05, 4.69) is 10.3 Å². The Labute approximate surface area is 181 Å². The molecule has 2 aromatic rings. The highest BCUT2D eigenvalue weighted by atomic mass is 16.5. The molecule has 0 spiro atoms. The number of aromatic amines is 1. The second kappa shape index (κ2) is 9.82. The summed E-state index contributed by atoms with van der Waals surface area (Å²) >= 11 is 0. The molecule has 3 rings (SSSR count). The number of anilines is 1. The summed E-state index contributed by atoms with van der Waals surface area (Å²) in [7, 11) is 2.81. The summed E-state index contributed by atoms with van der Waals surface area (Å²) in [5.41, 5.74) is 1.14. The number of benzene rings is 1. The summed E-state index contributed by atoms with van der Waals surface area (Å²) in [5, 5.41) is 3.49. The van der Waals surface area contributed by atoms with Crippen molar-refractivity contribution in [1.29, 1.82) is 0 Å². The van der Waals surface area contributed by atoms with Gasteiger partial charge < -0.3 is 24.5 Å². The van der Waals surface area contributed by atoms with Crippen LogP contribution in [0.1, 0.15) is 37.2 Å². The number of hydrogen-bond acceptors (Lipinski definition) is 7. The fraction of sp³-hybridized carbons (Fsp3) is 0.500. The minimum atomic E-state index is -0.587. The first-order valence-corrected chi connectivity index (χ1v) is 10.4. The first kappa shape index (κ1) is 22.6. The number of nitrogens with one attached hydrogen (secondary N) is 2. The van der Waals surface area contributed by atoms with E-state index in [4.69, 9.17) is 14.2 Å². The third kappa shape index (κ3) is 4.66. The zero-order valence-corrected chi connectivity index (χ0v) is 18.3. The number of rotatable bonds is 7. The van der Waals surface area contributed by atoms with Gasteiger partial charge in [0.2, 0.25) is 5.91 Å². The maximum absolute atomic E-state index is 13.1. The zero-order chi connectivity index (χ0) is 22.5. The van der Waals surface area contributed by atoms with Gasteiger partial charge in [0.05, 0.1) is 49.4 Å². The summed E-state index contributed by atoms with van der Waals surface area (Å²) in [4.78, 5) is 42.4. The maximum atomic E-state index is 13.1. The molecule has 1 aromatic carbocycles. The lowest BCUT2D eigenvalue weighted by molar-refractivity contribution is -0.149. The van der Waals surface area contributed by atoms with Crippen LogP contribution in [0.25, 0.3) is 10.9 Å². The number of methoxy groups -OCH3 is 2. The summed E-state index contributed by atoms with van der Waals surface area (Å²) in [6, 6.07) is 4.90. The van der Waals surface area contributed by atoms with Crippen molar-refractivity contribution in [3.8, 4) is 5.75 Å². The highest BCUT2D eigenvalue weighted by Gasteiger charge is 2.31. The zero-order valence-electron chi connectivity index (χ0n) is 18.3. The summed E-state index contributed by atoms with van der Waals surface area (Å²) in [5.74, 6) is -0.617. The van der Waals surface area contributed by atoms with Crippen LogP contribution >= 0.6 is 0 Å². The summed E-state index contributed by atoms with van der Waals surface area (Å²) in [6.07, 6.45) is 1.29. The molecule has 1 amide bonds. The van der Waals surface area contributed by atoms with Crippen molar-refractivity contribution in [2.75, 3.05) is 39.2 Å². The SMILES string of the molecule is CCOC(=O)C1CCN([C@H](C)C(=O)Nc2c(C(=O)OC)[nH]c3cccc(OC)c23)CC1. The standard InChI is InChI=1S/C22H29N3O6/c1-5-31-21(27)14-9-11-25(12-10-14)13(2)20(26)24-18-17-15(7-6-8-16(17)29-3)23-19(18)22(28)30-4/h6-8,13-14,23H,5,9-12H2,1-4H3,(H,24,26)/t13-/m1/s1. The Morgan fingerprint density at radius 3 is 2.55 bits per heavy atom. The molecule has 2 N–H and O–H groups in total. The third-order valence-electron chi connectivity index (χ3n) is 5.72. The molecule has 1 atom stereocenters. The van der Waals surface area contributed by atoms with Crippen molar-refractivity contribution in [1.82, 2.24) is 9.88 Å². The van der Waals surface area contributed by atoms with Crippen LogP contribution in [0.5, 0.6) is 5.75 Å². The lowest BCUT2D eigenvalue weighted by Crippen LogP contribution is -2.47. The number of carbonyl (C=O) groups excluding carboxylic acids is 3. The van der Waals surface area contributed by atoms with E-state index in [0.29, 0.717) is 54.9 Å². The lowest BCUT2D eigenvalue weighted by atomic mass is 9.96. The molecule has 1 aliphatic heterocycles. The van der Waals surface area contributed by atoms with E-state index in [1.165, 1.54) is 14.2 Å². The molecular formula is C22H29N3O6. The highest BCUT2D eigenvalue weighted by molar-refractivity contribution is 6.13. The molecule has 1 fully saturated rings. The Balaban J connectivity index is 1.78. The molecule has 0 saturated carbocycles. The smallest absolute Gasteiger partial charge is 0.356 e. The number of carbonyl (C=O) groups is 3. The number of ether oxygens (including phenoxy) is 3. The van der Waals surface area contributed by atoms with Crippen LogP contribution in [0.3, 0.4) is 0 Å². The van der Waals surface area contributed by atoms with Crippen molar-refractivity contribution in [2.45, 2.75) is 32.7 Å². The van der Waals surface area contributed by atoms with Gasteiger partial charge in [-0.3, -0.25) is 14.5 Å². The summed E-state index contributed by atoms with van der Waals surface area (Å²) in [6.45, 7) is 5.19. The van der Waals surface area contributed by atoms with Crippen molar-refractivity contribution < 1.29 is 28.6 Å². The van der Waals surface area contributed by atoms with E-state index in [-0.39, 0.29) is 23.5 Å². The highest BCUT2D eigenvalue weighted by Crippen LogP contribution is 2.36. The fourth-order valence-corrected chi connectivity index (χ4v) is 3.94. The molecule has 31 heavy (non-hydrogen) atoms. The second-order valence-electron chi connectivity index (χ2n) is 7.48. The van der Waals surface area contributed by atoms with Gasteiger partial charge in [0.15, 0.2) is 0 Å². The number of esters is 2. The monoisotopic (exact) mass is 431 g/mol. The number of amides is 1. The number of aromatic nitrogens is 1. The maximum Gasteiger partial charge on any atom is 0.356 e. The van der Waals surface area contributed by atoms with Crippen LogP contribution in [-0.2, 0) is 19.1 Å². The predicted molar refractivity (Wildman–Crippen MR) is 115 cm³/mol. The fourth-order valence-electron chi connectivity index (χ4n) is 3.94. The quantitative estimate of drug-likeness (QED) is 0.648. The molecule has 168 valence electrons. The van der Waals surface area contributed by atoms with Gasteiger partial charge >= 0.3 is 11.9 Å². The molecule has 2 heterocycles. The van der Waals surface area contributed by atoms with Gasteiger partial charge in [-0.15, -0.1) is 0 Å². The predicted octanol–water partition coefficient (Wildman–Crippen LogP) is 2.57. The second-order valence-corrected chi connectivity index (χ2v) is 7.48.